The van der Waals surface area contributed by atoms with Crippen molar-refractivity contribution in [1.82, 2.24) is 0 Å². The third-order valence-corrected chi connectivity index (χ3v) is 10.5. The van der Waals surface area contributed by atoms with Gasteiger partial charge in [0.25, 0.3) is 0 Å². The highest BCUT2D eigenvalue weighted by Gasteiger charge is 2.23. The molecule has 1 aromatic heterocycles. The van der Waals surface area contributed by atoms with Crippen LogP contribution in [0.4, 0.5) is 17.1 Å². The maximum atomic E-state index is 6.65. The van der Waals surface area contributed by atoms with E-state index in [9.17, 15) is 0 Å². The maximum Gasteiger partial charge on any atom is 0.143 e. The van der Waals surface area contributed by atoms with Crippen LogP contribution >= 0.6 is 0 Å². The van der Waals surface area contributed by atoms with E-state index in [1.807, 2.05) is 0 Å². The zero-order valence-corrected chi connectivity index (χ0v) is 29.6. The Labute approximate surface area is 314 Å². The van der Waals surface area contributed by atoms with E-state index >= 15 is 0 Å². The Bertz CT molecular complexity index is 2920. The summed E-state index contributed by atoms with van der Waals surface area (Å²) in [6.07, 6.45) is 0. The average Bonchev–Trinajstić information content (AvgIpc) is 3.65. The third-order valence-electron chi connectivity index (χ3n) is 10.5. The van der Waals surface area contributed by atoms with Crippen LogP contribution in [-0.2, 0) is 0 Å². The SMILES string of the molecule is c1ccc(-c2cccc(-c3ccc(N(c4ccccc4-c4ccccc4)c4ccccc4-c4cccc5oc6c7ccccc7ccc6c45)cc3)c2)cc1. The third kappa shape index (κ3) is 5.53. The predicted octanol–water partition coefficient (Wildman–Crippen LogP) is 14.9. The molecule has 10 aromatic rings. The highest BCUT2D eigenvalue weighted by Crippen LogP contribution is 2.47. The second kappa shape index (κ2) is 13.4. The van der Waals surface area contributed by atoms with Crippen LogP contribution in [0, 0.1) is 0 Å². The first-order chi connectivity index (χ1) is 26.8. The molecule has 0 fully saturated rings. The summed E-state index contributed by atoms with van der Waals surface area (Å²) in [7, 11) is 0. The van der Waals surface area contributed by atoms with Crippen molar-refractivity contribution in [2.24, 2.45) is 0 Å². The Kier molecular flexibility index (Phi) is 7.85. The van der Waals surface area contributed by atoms with Gasteiger partial charge in [0.1, 0.15) is 11.2 Å². The van der Waals surface area contributed by atoms with Gasteiger partial charge in [-0.25, -0.2) is 0 Å². The van der Waals surface area contributed by atoms with Gasteiger partial charge in [-0.15, -0.1) is 0 Å². The fourth-order valence-electron chi connectivity index (χ4n) is 7.92. The number of hydrogen-bond donors (Lipinski definition) is 0. The Hall–Kier alpha value is -7.16. The number of rotatable bonds is 7. The van der Waals surface area contributed by atoms with Crippen molar-refractivity contribution in [2.45, 2.75) is 0 Å². The minimum atomic E-state index is 0.881. The standard InChI is InChI=1S/C52H35NO/c1-3-15-36(16-4-1)40-20-13-21-41(35-40)37-29-32-42(33-30-37)53(48-26-11-9-22-43(48)38-17-5-2-6-18-38)49-27-12-10-24-45(49)46-25-14-28-50-51(46)47-34-31-39-19-7-8-23-44(39)52(47)54-50/h1-35H. The smallest absolute Gasteiger partial charge is 0.143 e. The summed E-state index contributed by atoms with van der Waals surface area (Å²) in [5.74, 6) is 0. The molecule has 0 saturated heterocycles. The maximum absolute atomic E-state index is 6.65. The first-order valence-electron chi connectivity index (χ1n) is 18.4. The van der Waals surface area contributed by atoms with E-state index in [0.717, 1.165) is 61.1 Å². The zero-order chi connectivity index (χ0) is 35.8. The molecule has 0 bridgehead atoms. The molecular weight excluding hydrogens is 655 g/mol. The van der Waals surface area contributed by atoms with Gasteiger partial charge in [-0.2, -0.15) is 0 Å². The molecule has 0 radical (unpaired) electrons. The van der Waals surface area contributed by atoms with Gasteiger partial charge in [-0.1, -0.05) is 170 Å². The Morgan fingerprint density at radius 3 is 1.65 bits per heavy atom. The second-order valence-electron chi connectivity index (χ2n) is 13.7. The van der Waals surface area contributed by atoms with Crippen molar-refractivity contribution in [3.05, 3.63) is 212 Å². The first kappa shape index (κ1) is 31.6. The Morgan fingerprint density at radius 2 is 0.889 bits per heavy atom. The summed E-state index contributed by atoms with van der Waals surface area (Å²) in [4.78, 5) is 2.42. The molecule has 54 heavy (non-hydrogen) atoms. The second-order valence-corrected chi connectivity index (χ2v) is 13.7. The van der Waals surface area contributed by atoms with Gasteiger partial charge >= 0.3 is 0 Å². The van der Waals surface area contributed by atoms with Crippen molar-refractivity contribution in [1.29, 1.82) is 0 Å². The minimum absolute atomic E-state index is 0.881. The van der Waals surface area contributed by atoms with E-state index in [4.69, 9.17) is 4.42 Å². The Morgan fingerprint density at radius 1 is 0.333 bits per heavy atom. The monoisotopic (exact) mass is 689 g/mol. The van der Waals surface area contributed by atoms with Gasteiger partial charge in [-0.05, 0) is 81.2 Å². The van der Waals surface area contributed by atoms with E-state index in [0.29, 0.717) is 0 Å². The lowest BCUT2D eigenvalue weighted by Gasteiger charge is -2.30. The largest absolute Gasteiger partial charge is 0.455 e. The molecule has 0 aliphatic heterocycles. The normalized spacial score (nSPS) is 11.3. The lowest BCUT2D eigenvalue weighted by molar-refractivity contribution is 0.673. The summed E-state index contributed by atoms with van der Waals surface area (Å²) in [5.41, 5.74) is 14.4. The van der Waals surface area contributed by atoms with Gasteiger partial charge in [0, 0.05) is 33.0 Å². The molecule has 0 aliphatic carbocycles. The van der Waals surface area contributed by atoms with Gasteiger partial charge in [0.05, 0.1) is 11.4 Å². The molecule has 0 amide bonds. The molecule has 0 spiro atoms. The van der Waals surface area contributed by atoms with E-state index in [1.165, 1.54) is 33.2 Å². The molecule has 0 saturated carbocycles. The number of benzene rings is 9. The molecule has 0 N–H and O–H groups in total. The highest BCUT2D eigenvalue weighted by molar-refractivity contribution is 6.19. The van der Waals surface area contributed by atoms with Crippen LogP contribution in [0.15, 0.2) is 217 Å². The van der Waals surface area contributed by atoms with Crippen LogP contribution in [0.25, 0.3) is 77.2 Å². The van der Waals surface area contributed by atoms with Crippen LogP contribution in [0.1, 0.15) is 0 Å². The molecule has 9 aromatic carbocycles. The van der Waals surface area contributed by atoms with Gasteiger partial charge < -0.3 is 9.32 Å². The van der Waals surface area contributed by atoms with Crippen molar-refractivity contribution < 1.29 is 4.42 Å². The summed E-state index contributed by atoms with van der Waals surface area (Å²) in [6, 6.07) is 75.8. The number of anilines is 3. The fraction of sp³-hybridized carbons (Fsp3) is 0. The lowest BCUT2D eigenvalue weighted by atomic mass is 9.95. The Balaban J connectivity index is 1.17. The molecule has 0 unspecified atom stereocenters. The molecule has 0 aliphatic rings. The van der Waals surface area contributed by atoms with Crippen molar-refractivity contribution in [3.63, 3.8) is 0 Å². The summed E-state index contributed by atoms with van der Waals surface area (Å²) < 4.78 is 6.65. The van der Waals surface area contributed by atoms with Gasteiger partial charge in [0.15, 0.2) is 0 Å². The molecule has 2 heteroatoms. The topological polar surface area (TPSA) is 16.4 Å². The molecule has 2 nitrogen and oxygen atoms in total. The molecule has 1 heterocycles. The lowest BCUT2D eigenvalue weighted by Crippen LogP contribution is -2.12. The molecule has 254 valence electrons. The van der Waals surface area contributed by atoms with Crippen LogP contribution in [0.3, 0.4) is 0 Å². The summed E-state index contributed by atoms with van der Waals surface area (Å²) in [5, 5.41) is 4.53. The summed E-state index contributed by atoms with van der Waals surface area (Å²) >= 11 is 0. The number of para-hydroxylation sites is 2. The number of furan rings is 1. The van der Waals surface area contributed by atoms with E-state index in [1.54, 1.807) is 0 Å². The quantitative estimate of drug-likeness (QED) is 0.166. The zero-order valence-electron chi connectivity index (χ0n) is 29.6. The van der Waals surface area contributed by atoms with Gasteiger partial charge in [0.2, 0.25) is 0 Å². The van der Waals surface area contributed by atoms with Crippen LogP contribution in [0.5, 0.6) is 0 Å². The minimum Gasteiger partial charge on any atom is -0.455 e. The molecule has 10 rings (SSSR count). The number of fused-ring (bicyclic) bond motifs is 5. The van der Waals surface area contributed by atoms with Gasteiger partial charge in [-0.3, -0.25) is 0 Å². The summed E-state index contributed by atoms with van der Waals surface area (Å²) in [6.45, 7) is 0. The van der Waals surface area contributed by atoms with Crippen molar-refractivity contribution >= 4 is 49.8 Å². The van der Waals surface area contributed by atoms with Crippen LogP contribution in [0.2, 0.25) is 0 Å². The number of nitrogens with zero attached hydrogens (tertiary/aromatic N) is 1. The van der Waals surface area contributed by atoms with Crippen molar-refractivity contribution in [2.75, 3.05) is 4.90 Å². The van der Waals surface area contributed by atoms with E-state index in [-0.39, 0.29) is 0 Å². The van der Waals surface area contributed by atoms with Crippen molar-refractivity contribution in [3.8, 4) is 44.5 Å². The van der Waals surface area contributed by atoms with Crippen LogP contribution < -0.4 is 4.90 Å². The fourth-order valence-corrected chi connectivity index (χ4v) is 7.92. The van der Waals surface area contributed by atoms with E-state index < -0.39 is 0 Å². The first-order valence-corrected chi connectivity index (χ1v) is 18.4. The average molecular weight is 690 g/mol. The predicted molar refractivity (Wildman–Crippen MR) is 228 cm³/mol. The van der Waals surface area contributed by atoms with Crippen LogP contribution in [-0.4, -0.2) is 0 Å². The highest BCUT2D eigenvalue weighted by atomic mass is 16.3. The molecule has 0 atom stereocenters. The van der Waals surface area contributed by atoms with E-state index in [2.05, 4.69) is 217 Å². The number of hydrogen-bond acceptors (Lipinski definition) is 2. The molecular formula is C52H35NO.